The Hall–Kier alpha value is -2.33. The first kappa shape index (κ1) is 13.1. The highest BCUT2D eigenvalue weighted by molar-refractivity contribution is 5.93. The molecule has 0 spiro atoms. The van der Waals surface area contributed by atoms with Gasteiger partial charge in [0.15, 0.2) is 6.61 Å². The third kappa shape index (κ3) is 3.56. The smallest absolute Gasteiger partial charge is 0.279 e. The molecule has 0 fully saturated rings. The number of benzene rings is 2. The monoisotopic (exact) mass is 256 g/mol. The Balaban J connectivity index is 1.94. The van der Waals surface area contributed by atoms with Crippen molar-refractivity contribution in [3.8, 4) is 5.75 Å². The van der Waals surface area contributed by atoms with Crippen LogP contribution in [0.25, 0.3) is 0 Å². The van der Waals surface area contributed by atoms with Crippen LogP contribution in [0.1, 0.15) is 5.56 Å². The van der Waals surface area contributed by atoms with Crippen LogP contribution in [0, 0.1) is 6.92 Å². The van der Waals surface area contributed by atoms with E-state index in [4.69, 9.17) is 10.6 Å². The molecule has 4 nitrogen and oxygen atoms in total. The molecule has 2 N–H and O–H groups in total. The standard InChI is InChI=1S/C15H16N2O2/c1-12-7-9-13(10-8-12)17(16)15(18)11-19-14-5-3-2-4-6-14/h2-10H,11,16H2,1H3. The SMILES string of the molecule is Cc1ccc(N(N)C(=O)COc2ccccc2)cc1. The first-order chi connectivity index (χ1) is 9.16. The summed E-state index contributed by atoms with van der Waals surface area (Å²) in [6.45, 7) is 1.89. The number of hydrogen-bond acceptors (Lipinski definition) is 3. The van der Waals surface area contributed by atoms with Gasteiger partial charge in [0.2, 0.25) is 0 Å². The van der Waals surface area contributed by atoms with Gasteiger partial charge in [0.05, 0.1) is 5.69 Å². The second kappa shape index (κ2) is 6.02. The second-order valence-corrected chi connectivity index (χ2v) is 4.20. The number of nitrogens with two attached hydrogens (primary N) is 1. The molecule has 0 aliphatic heterocycles. The second-order valence-electron chi connectivity index (χ2n) is 4.20. The van der Waals surface area contributed by atoms with Gasteiger partial charge in [0, 0.05) is 0 Å². The van der Waals surface area contributed by atoms with E-state index in [1.165, 1.54) is 0 Å². The van der Waals surface area contributed by atoms with Crippen LogP contribution in [-0.2, 0) is 4.79 Å². The van der Waals surface area contributed by atoms with E-state index in [2.05, 4.69) is 0 Å². The molecule has 19 heavy (non-hydrogen) atoms. The molecule has 0 aliphatic carbocycles. The fraction of sp³-hybridized carbons (Fsp3) is 0.133. The van der Waals surface area contributed by atoms with Crippen molar-refractivity contribution in [3.63, 3.8) is 0 Å². The zero-order chi connectivity index (χ0) is 13.7. The number of para-hydroxylation sites is 1. The number of carbonyl (C=O) groups is 1. The fourth-order valence-electron chi connectivity index (χ4n) is 1.58. The summed E-state index contributed by atoms with van der Waals surface area (Å²) in [6.07, 6.45) is 0. The Morgan fingerprint density at radius 1 is 1.11 bits per heavy atom. The summed E-state index contributed by atoms with van der Waals surface area (Å²) in [5.41, 5.74) is 1.76. The van der Waals surface area contributed by atoms with E-state index in [0.29, 0.717) is 11.4 Å². The Morgan fingerprint density at radius 3 is 2.37 bits per heavy atom. The maximum absolute atomic E-state index is 11.9. The van der Waals surface area contributed by atoms with Crippen LogP contribution in [0.2, 0.25) is 0 Å². The van der Waals surface area contributed by atoms with Gasteiger partial charge in [0.1, 0.15) is 5.75 Å². The van der Waals surface area contributed by atoms with Gasteiger partial charge in [-0.2, -0.15) is 0 Å². The molecule has 1 amide bonds. The van der Waals surface area contributed by atoms with Gasteiger partial charge in [-0.1, -0.05) is 35.9 Å². The van der Waals surface area contributed by atoms with E-state index < -0.39 is 0 Å². The number of carbonyl (C=O) groups excluding carboxylic acids is 1. The van der Waals surface area contributed by atoms with Gasteiger partial charge in [-0.05, 0) is 31.2 Å². The summed E-state index contributed by atoms with van der Waals surface area (Å²) >= 11 is 0. The summed E-state index contributed by atoms with van der Waals surface area (Å²) in [4.78, 5) is 11.9. The van der Waals surface area contributed by atoms with Crippen molar-refractivity contribution in [1.29, 1.82) is 0 Å². The first-order valence-corrected chi connectivity index (χ1v) is 5.99. The van der Waals surface area contributed by atoms with Crippen molar-refractivity contribution in [2.45, 2.75) is 6.92 Å². The molecule has 0 radical (unpaired) electrons. The highest BCUT2D eigenvalue weighted by Gasteiger charge is 2.12. The molecule has 4 heteroatoms. The molecule has 0 saturated carbocycles. The Bertz CT molecular complexity index is 538. The van der Waals surface area contributed by atoms with Gasteiger partial charge in [-0.15, -0.1) is 0 Å². The van der Waals surface area contributed by atoms with Crippen LogP contribution in [0.15, 0.2) is 54.6 Å². The number of anilines is 1. The number of rotatable bonds is 4. The van der Waals surface area contributed by atoms with Crippen molar-refractivity contribution in [3.05, 3.63) is 60.2 Å². The molecule has 2 aromatic rings. The van der Waals surface area contributed by atoms with E-state index in [1.807, 2.05) is 37.3 Å². The number of nitrogens with zero attached hydrogens (tertiary/aromatic N) is 1. The number of amides is 1. The summed E-state index contributed by atoms with van der Waals surface area (Å²) in [6, 6.07) is 16.6. The summed E-state index contributed by atoms with van der Waals surface area (Å²) in [5.74, 6) is 6.10. The molecule has 0 unspecified atom stereocenters. The van der Waals surface area contributed by atoms with Crippen LogP contribution in [0.4, 0.5) is 5.69 Å². The summed E-state index contributed by atoms with van der Waals surface area (Å²) < 4.78 is 5.36. The number of hydrazine groups is 1. The summed E-state index contributed by atoms with van der Waals surface area (Å²) in [5, 5.41) is 1.10. The molecule has 2 aromatic carbocycles. The maximum Gasteiger partial charge on any atom is 0.279 e. The molecule has 98 valence electrons. The van der Waals surface area contributed by atoms with E-state index in [0.717, 1.165) is 10.6 Å². The normalized spacial score (nSPS) is 10.0. The van der Waals surface area contributed by atoms with Crippen LogP contribution in [-0.4, -0.2) is 12.5 Å². The van der Waals surface area contributed by atoms with Crippen molar-refractivity contribution in [1.82, 2.24) is 0 Å². The van der Waals surface area contributed by atoms with Gasteiger partial charge >= 0.3 is 0 Å². The maximum atomic E-state index is 11.9. The number of ether oxygens (including phenoxy) is 1. The first-order valence-electron chi connectivity index (χ1n) is 5.99. The Morgan fingerprint density at radius 2 is 1.74 bits per heavy atom. The molecule has 0 heterocycles. The van der Waals surface area contributed by atoms with E-state index in [-0.39, 0.29) is 12.5 Å². The van der Waals surface area contributed by atoms with E-state index in [9.17, 15) is 4.79 Å². The summed E-state index contributed by atoms with van der Waals surface area (Å²) in [7, 11) is 0. The van der Waals surface area contributed by atoms with Crippen molar-refractivity contribution >= 4 is 11.6 Å². The average molecular weight is 256 g/mol. The predicted molar refractivity (Wildman–Crippen MR) is 74.8 cm³/mol. The lowest BCUT2D eigenvalue weighted by molar-refractivity contribution is -0.120. The number of aryl methyl sites for hydroxylation is 1. The molecule has 0 atom stereocenters. The average Bonchev–Trinajstić information content (AvgIpc) is 2.46. The zero-order valence-electron chi connectivity index (χ0n) is 10.7. The van der Waals surface area contributed by atoms with E-state index in [1.54, 1.807) is 24.3 Å². The van der Waals surface area contributed by atoms with Crippen LogP contribution < -0.4 is 15.6 Å². The Labute approximate surface area is 112 Å². The van der Waals surface area contributed by atoms with Gasteiger partial charge in [-0.25, -0.2) is 10.9 Å². The Kier molecular flexibility index (Phi) is 4.15. The topological polar surface area (TPSA) is 55.6 Å². The molecule has 0 aliphatic rings. The van der Waals surface area contributed by atoms with Crippen molar-refractivity contribution in [2.24, 2.45) is 5.84 Å². The molecule has 0 saturated heterocycles. The largest absolute Gasteiger partial charge is 0.484 e. The quantitative estimate of drug-likeness (QED) is 0.518. The van der Waals surface area contributed by atoms with Crippen molar-refractivity contribution in [2.75, 3.05) is 11.6 Å². The fourth-order valence-corrected chi connectivity index (χ4v) is 1.58. The van der Waals surface area contributed by atoms with Gasteiger partial charge in [0.25, 0.3) is 5.91 Å². The minimum Gasteiger partial charge on any atom is -0.484 e. The number of hydrogen-bond donors (Lipinski definition) is 1. The third-order valence-corrected chi connectivity index (χ3v) is 2.69. The van der Waals surface area contributed by atoms with Crippen LogP contribution in [0.5, 0.6) is 5.75 Å². The van der Waals surface area contributed by atoms with Gasteiger partial charge in [-0.3, -0.25) is 4.79 Å². The van der Waals surface area contributed by atoms with Crippen LogP contribution >= 0.6 is 0 Å². The molecular formula is C15H16N2O2. The highest BCUT2D eigenvalue weighted by atomic mass is 16.5. The van der Waals surface area contributed by atoms with Crippen LogP contribution in [0.3, 0.4) is 0 Å². The van der Waals surface area contributed by atoms with E-state index >= 15 is 0 Å². The van der Waals surface area contributed by atoms with Crippen molar-refractivity contribution < 1.29 is 9.53 Å². The highest BCUT2D eigenvalue weighted by Crippen LogP contribution is 2.13. The minimum absolute atomic E-state index is 0.0889. The molecule has 0 aromatic heterocycles. The molecule has 2 rings (SSSR count). The lowest BCUT2D eigenvalue weighted by atomic mass is 10.2. The van der Waals surface area contributed by atoms with Gasteiger partial charge < -0.3 is 4.74 Å². The third-order valence-electron chi connectivity index (χ3n) is 2.69. The zero-order valence-corrected chi connectivity index (χ0v) is 10.7. The minimum atomic E-state index is -0.298. The lowest BCUT2D eigenvalue weighted by Gasteiger charge is -2.17. The predicted octanol–water partition coefficient (Wildman–Crippen LogP) is 2.28. The molecular weight excluding hydrogens is 240 g/mol. The molecule has 0 bridgehead atoms. The lowest BCUT2D eigenvalue weighted by Crippen LogP contribution is -2.40.